The van der Waals surface area contributed by atoms with E-state index in [1.165, 1.54) is 16.4 Å². The number of nitrogens with one attached hydrogen (secondary N) is 1. The Labute approximate surface area is 174 Å². The van der Waals surface area contributed by atoms with Crippen molar-refractivity contribution in [2.45, 2.75) is 31.1 Å². The normalized spacial score (nSPS) is 15.1. The van der Waals surface area contributed by atoms with Gasteiger partial charge in [-0.05, 0) is 49.6 Å². The molecule has 2 aromatic carbocycles. The minimum atomic E-state index is -3.68. The third-order valence-corrected chi connectivity index (χ3v) is 7.44. The highest BCUT2D eigenvalue weighted by Crippen LogP contribution is 2.30. The first-order valence-electron chi connectivity index (χ1n) is 9.41. The quantitative estimate of drug-likeness (QED) is 0.649. The zero-order valence-corrected chi connectivity index (χ0v) is 17.5. The summed E-state index contributed by atoms with van der Waals surface area (Å²) < 4.78 is 32.6. The van der Waals surface area contributed by atoms with Crippen LogP contribution >= 0.6 is 11.6 Å². The highest BCUT2D eigenvalue weighted by Gasteiger charge is 2.29. The van der Waals surface area contributed by atoms with Gasteiger partial charge in [-0.2, -0.15) is 4.31 Å². The van der Waals surface area contributed by atoms with E-state index in [2.05, 4.69) is 5.32 Å². The van der Waals surface area contributed by atoms with Crippen molar-refractivity contribution in [2.24, 2.45) is 0 Å². The largest absolute Gasteiger partial charge is 0.464 e. The van der Waals surface area contributed by atoms with Gasteiger partial charge in [0, 0.05) is 29.7 Å². The minimum absolute atomic E-state index is 0.0168. The Morgan fingerprint density at radius 2 is 1.93 bits per heavy atom. The number of halogens is 1. The molecule has 6 nitrogen and oxygen atoms in total. The lowest BCUT2D eigenvalue weighted by atomic mass is 10.1. The van der Waals surface area contributed by atoms with E-state index in [0.29, 0.717) is 18.8 Å². The standard InChI is InChI=1S/C21H21ClN2O4S/c1-14-4-6-17-15(13-28-19(17)10-14)11-21(25)23-16-5-7-18(22)20(12-16)29(26,27)24-8-2-3-9-24/h4-7,10,12-13H,2-3,8-9,11H2,1H3,(H,23,25). The number of hydrogen-bond acceptors (Lipinski definition) is 4. The molecule has 0 unspecified atom stereocenters. The van der Waals surface area contributed by atoms with Crippen molar-refractivity contribution in [3.05, 3.63) is 58.8 Å². The fraction of sp³-hybridized carbons (Fsp3) is 0.286. The van der Waals surface area contributed by atoms with Gasteiger partial charge in [0.1, 0.15) is 10.5 Å². The van der Waals surface area contributed by atoms with Crippen molar-refractivity contribution in [1.82, 2.24) is 4.31 Å². The Morgan fingerprint density at radius 3 is 2.69 bits per heavy atom. The molecule has 0 aliphatic carbocycles. The van der Waals surface area contributed by atoms with Crippen LogP contribution in [0, 0.1) is 6.92 Å². The molecule has 29 heavy (non-hydrogen) atoms. The molecule has 3 aromatic rings. The number of aryl methyl sites for hydroxylation is 1. The topological polar surface area (TPSA) is 79.6 Å². The number of carbonyl (C=O) groups excluding carboxylic acids is 1. The van der Waals surface area contributed by atoms with Crippen LogP contribution in [-0.2, 0) is 21.2 Å². The van der Waals surface area contributed by atoms with Crippen molar-refractivity contribution in [3.8, 4) is 0 Å². The van der Waals surface area contributed by atoms with Gasteiger partial charge in [0.25, 0.3) is 0 Å². The number of nitrogens with zero attached hydrogens (tertiary/aromatic N) is 1. The molecule has 1 aromatic heterocycles. The zero-order chi connectivity index (χ0) is 20.6. The van der Waals surface area contributed by atoms with Gasteiger partial charge >= 0.3 is 0 Å². The fourth-order valence-electron chi connectivity index (χ4n) is 3.55. The smallest absolute Gasteiger partial charge is 0.244 e. The van der Waals surface area contributed by atoms with Crippen LogP contribution in [0.25, 0.3) is 11.0 Å². The number of anilines is 1. The summed E-state index contributed by atoms with van der Waals surface area (Å²) in [5.74, 6) is -0.264. The van der Waals surface area contributed by atoms with Crippen LogP contribution in [-0.4, -0.2) is 31.7 Å². The number of hydrogen-bond donors (Lipinski definition) is 1. The van der Waals surface area contributed by atoms with E-state index in [9.17, 15) is 13.2 Å². The summed E-state index contributed by atoms with van der Waals surface area (Å²) in [4.78, 5) is 12.6. The number of benzene rings is 2. The molecule has 1 amide bonds. The second-order valence-electron chi connectivity index (χ2n) is 7.24. The number of rotatable bonds is 5. The van der Waals surface area contributed by atoms with Gasteiger partial charge in [-0.1, -0.05) is 23.7 Å². The molecular formula is C21H21ClN2O4S. The van der Waals surface area contributed by atoms with E-state index in [1.807, 2.05) is 25.1 Å². The van der Waals surface area contributed by atoms with E-state index >= 15 is 0 Å². The summed E-state index contributed by atoms with van der Waals surface area (Å²) in [6.07, 6.45) is 3.37. The molecule has 152 valence electrons. The lowest BCUT2D eigenvalue weighted by molar-refractivity contribution is -0.115. The summed E-state index contributed by atoms with van der Waals surface area (Å²) in [5.41, 5.74) is 2.98. The van der Waals surface area contributed by atoms with Crippen LogP contribution in [0.5, 0.6) is 0 Å². The molecule has 0 radical (unpaired) electrons. The van der Waals surface area contributed by atoms with Crippen LogP contribution in [0.1, 0.15) is 24.0 Å². The van der Waals surface area contributed by atoms with Gasteiger partial charge in [0.2, 0.25) is 15.9 Å². The maximum Gasteiger partial charge on any atom is 0.244 e. The van der Waals surface area contributed by atoms with Crippen molar-refractivity contribution in [2.75, 3.05) is 18.4 Å². The first-order valence-corrected chi connectivity index (χ1v) is 11.2. The molecule has 1 aliphatic rings. The number of fused-ring (bicyclic) bond motifs is 1. The van der Waals surface area contributed by atoms with Crippen LogP contribution in [0.3, 0.4) is 0 Å². The van der Waals surface area contributed by atoms with Gasteiger partial charge in [-0.3, -0.25) is 4.79 Å². The van der Waals surface area contributed by atoms with Crippen molar-refractivity contribution in [3.63, 3.8) is 0 Å². The highest BCUT2D eigenvalue weighted by molar-refractivity contribution is 7.89. The van der Waals surface area contributed by atoms with Crippen LogP contribution < -0.4 is 5.32 Å². The molecule has 0 saturated carbocycles. The SMILES string of the molecule is Cc1ccc2c(CC(=O)Nc3ccc(Cl)c(S(=O)(=O)N4CCCC4)c3)coc2c1. The summed E-state index contributed by atoms with van der Waals surface area (Å²) in [7, 11) is -3.68. The van der Waals surface area contributed by atoms with E-state index in [0.717, 1.165) is 34.9 Å². The summed E-state index contributed by atoms with van der Waals surface area (Å²) >= 11 is 6.16. The summed E-state index contributed by atoms with van der Waals surface area (Å²) in [5, 5.41) is 3.80. The molecule has 1 aliphatic heterocycles. The van der Waals surface area contributed by atoms with Crippen molar-refractivity contribution < 1.29 is 17.6 Å². The molecule has 0 bridgehead atoms. The number of sulfonamides is 1. The molecule has 1 fully saturated rings. The second kappa shape index (κ2) is 7.82. The minimum Gasteiger partial charge on any atom is -0.464 e. The van der Waals surface area contributed by atoms with Crippen LogP contribution in [0.4, 0.5) is 5.69 Å². The highest BCUT2D eigenvalue weighted by atomic mass is 35.5. The predicted molar refractivity (Wildman–Crippen MR) is 113 cm³/mol. The molecule has 2 heterocycles. The average Bonchev–Trinajstić information content (AvgIpc) is 3.34. The van der Waals surface area contributed by atoms with E-state index < -0.39 is 10.0 Å². The lowest BCUT2D eigenvalue weighted by Crippen LogP contribution is -2.28. The van der Waals surface area contributed by atoms with E-state index in [-0.39, 0.29) is 22.2 Å². The molecule has 0 spiro atoms. The maximum atomic E-state index is 12.8. The Morgan fingerprint density at radius 1 is 1.17 bits per heavy atom. The molecule has 1 N–H and O–H groups in total. The fourth-order valence-corrected chi connectivity index (χ4v) is 5.57. The zero-order valence-electron chi connectivity index (χ0n) is 15.9. The molecule has 4 rings (SSSR count). The van der Waals surface area contributed by atoms with Crippen LogP contribution in [0.2, 0.25) is 5.02 Å². The maximum absolute atomic E-state index is 12.8. The van der Waals surface area contributed by atoms with Crippen molar-refractivity contribution >= 4 is 44.2 Å². The monoisotopic (exact) mass is 432 g/mol. The van der Waals surface area contributed by atoms with Crippen LogP contribution in [0.15, 0.2) is 52.0 Å². The number of furan rings is 1. The van der Waals surface area contributed by atoms with Gasteiger partial charge < -0.3 is 9.73 Å². The Kier molecular flexibility index (Phi) is 5.38. The Balaban J connectivity index is 1.54. The van der Waals surface area contributed by atoms with Gasteiger partial charge in [-0.15, -0.1) is 0 Å². The third-order valence-electron chi connectivity index (χ3n) is 5.06. The Hall–Kier alpha value is -2.35. The lowest BCUT2D eigenvalue weighted by Gasteiger charge is -2.17. The molecule has 1 saturated heterocycles. The first kappa shape index (κ1) is 19.9. The van der Waals surface area contributed by atoms with Crippen molar-refractivity contribution in [1.29, 1.82) is 0 Å². The second-order valence-corrected chi connectivity index (χ2v) is 9.56. The molecular weight excluding hydrogens is 412 g/mol. The summed E-state index contributed by atoms with van der Waals surface area (Å²) in [6.45, 7) is 2.95. The number of amides is 1. The van der Waals surface area contributed by atoms with E-state index in [4.69, 9.17) is 16.0 Å². The van der Waals surface area contributed by atoms with E-state index in [1.54, 1.807) is 12.3 Å². The number of carbonyl (C=O) groups is 1. The van der Waals surface area contributed by atoms with Gasteiger partial charge in [-0.25, -0.2) is 8.42 Å². The predicted octanol–water partition coefficient (Wildman–Crippen LogP) is 4.36. The third kappa shape index (κ3) is 4.03. The van der Waals surface area contributed by atoms with Gasteiger partial charge in [0.05, 0.1) is 17.7 Å². The average molecular weight is 433 g/mol. The molecule has 8 heteroatoms. The van der Waals surface area contributed by atoms with Gasteiger partial charge in [0.15, 0.2) is 0 Å². The summed E-state index contributed by atoms with van der Waals surface area (Å²) in [6, 6.07) is 10.3. The molecule has 0 atom stereocenters. The first-order chi connectivity index (χ1) is 13.8. The Bertz CT molecular complexity index is 1180.